The van der Waals surface area contributed by atoms with Crippen LogP contribution in [0, 0.1) is 0 Å². The van der Waals surface area contributed by atoms with Crippen molar-refractivity contribution >= 4 is 5.91 Å². The Hall–Kier alpha value is -0.610. The average Bonchev–Trinajstić information content (AvgIpc) is 2.16. The van der Waals surface area contributed by atoms with Crippen LogP contribution in [0.3, 0.4) is 0 Å². The topological polar surface area (TPSA) is 41.6 Å². The molecule has 1 heterocycles. The van der Waals surface area contributed by atoms with E-state index in [1.165, 1.54) is 0 Å². The van der Waals surface area contributed by atoms with Gasteiger partial charge in [0.15, 0.2) is 0 Å². The molecule has 0 aliphatic carbocycles. The second-order valence-corrected chi connectivity index (χ2v) is 4.31. The van der Waals surface area contributed by atoms with Crippen LogP contribution in [-0.2, 0) is 9.53 Å². The number of ether oxygens (including phenoxy) is 1. The van der Waals surface area contributed by atoms with Gasteiger partial charge in [-0.1, -0.05) is 6.92 Å². The van der Waals surface area contributed by atoms with Gasteiger partial charge in [-0.15, -0.1) is 0 Å². The Morgan fingerprint density at radius 2 is 2.33 bits per heavy atom. The van der Waals surface area contributed by atoms with E-state index in [-0.39, 0.29) is 18.1 Å². The zero-order valence-corrected chi connectivity index (χ0v) is 9.95. The number of carbonyl (C=O) groups is 1. The molecule has 88 valence electrons. The first-order valence-corrected chi connectivity index (χ1v) is 5.75. The molecule has 1 amide bonds. The zero-order valence-electron chi connectivity index (χ0n) is 9.95. The molecule has 15 heavy (non-hydrogen) atoms. The van der Waals surface area contributed by atoms with Crippen LogP contribution in [0.2, 0.25) is 0 Å². The second kappa shape index (κ2) is 6.08. The molecule has 1 fully saturated rings. The molecule has 4 heteroatoms. The highest BCUT2D eigenvalue weighted by atomic mass is 16.5. The molecule has 0 aromatic heterocycles. The van der Waals surface area contributed by atoms with Gasteiger partial charge in [0, 0.05) is 19.1 Å². The van der Waals surface area contributed by atoms with E-state index in [9.17, 15) is 4.79 Å². The van der Waals surface area contributed by atoms with Crippen LogP contribution in [-0.4, -0.2) is 49.2 Å². The summed E-state index contributed by atoms with van der Waals surface area (Å²) in [5.41, 5.74) is 0. The average molecular weight is 214 g/mol. The lowest BCUT2D eigenvalue weighted by Crippen LogP contribution is -2.44. The fraction of sp³-hybridized carbons (Fsp3) is 0.909. The van der Waals surface area contributed by atoms with Crippen molar-refractivity contribution in [3.8, 4) is 0 Å². The Morgan fingerprint density at radius 3 is 2.93 bits per heavy atom. The lowest BCUT2D eigenvalue weighted by Gasteiger charge is -2.31. The lowest BCUT2D eigenvalue weighted by molar-refractivity contribution is -0.126. The third kappa shape index (κ3) is 4.62. The molecular weight excluding hydrogens is 192 g/mol. The van der Waals surface area contributed by atoms with E-state index in [1.807, 2.05) is 13.8 Å². The fourth-order valence-electron chi connectivity index (χ4n) is 1.78. The van der Waals surface area contributed by atoms with Crippen LogP contribution in [0.25, 0.3) is 0 Å². The van der Waals surface area contributed by atoms with E-state index in [0.29, 0.717) is 6.42 Å². The van der Waals surface area contributed by atoms with Crippen molar-refractivity contribution in [2.24, 2.45) is 0 Å². The number of hydrogen-bond donors (Lipinski definition) is 1. The summed E-state index contributed by atoms with van der Waals surface area (Å²) < 4.78 is 5.56. The number of rotatable bonds is 4. The third-order valence-electron chi connectivity index (χ3n) is 2.53. The first-order valence-electron chi connectivity index (χ1n) is 5.75. The molecule has 0 aromatic rings. The Morgan fingerprint density at radius 1 is 1.60 bits per heavy atom. The maximum Gasteiger partial charge on any atom is 0.222 e. The second-order valence-electron chi connectivity index (χ2n) is 4.31. The maximum absolute atomic E-state index is 11.5. The van der Waals surface area contributed by atoms with Crippen molar-refractivity contribution in [3.05, 3.63) is 0 Å². The summed E-state index contributed by atoms with van der Waals surface area (Å²) >= 11 is 0. The van der Waals surface area contributed by atoms with Crippen LogP contribution >= 0.6 is 0 Å². The van der Waals surface area contributed by atoms with Crippen molar-refractivity contribution in [2.75, 3.05) is 26.2 Å². The van der Waals surface area contributed by atoms with Crippen LogP contribution < -0.4 is 5.32 Å². The number of nitrogens with zero attached hydrogens (tertiary/aromatic N) is 1. The Labute approximate surface area is 92.0 Å². The predicted molar refractivity (Wildman–Crippen MR) is 59.7 cm³/mol. The van der Waals surface area contributed by atoms with Gasteiger partial charge < -0.3 is 10.1 Å². The summed E-state index contributed by atoms with van der Waals surface area (Å²) in [7, 11) is 0. The van der Waals surface area contributed by atoms with Crippen molar-refractivity contribution in [3.63, 3.8) is 0 Å². The largest absolute Gasteiger partial charge is 0.375 e. The molecule has 0 saturated carbocycles. The molecule has 1 unspecified atom stereocenters. The van der Waals surface area contributed by atoms with Gasteiger partial charge in [-0.25, -0.2) is 0 Å². The fourth-order valence-corrected chi connectivity index (χ4v) is 1.78. The van der Waals surface area contributed by atoms with Gasteiger partial charge in [0.05, 0.1) is 19.1 Å². The first-order chi connectivity index (χ1) is 7.11. The summed E-state index contributed by atoms with van der Waals surface area (Å²) in [4.78, 5) is 13.8. The van der Waals surface area contributed by atoms with Gasteiger partial charge in [0.1, 0.15) is 0 Å². The van der Waals surface area contributed by atoms with Gasteiger partial charge in [0.25, 0.3) is 0 Å². The summed E-state index contributed by atoms with van der Waals surface area (Å²) in [6.45, 7) is 9.71. The number of likely N-dealkylation sites (N-methyl/N-ethyl adjacent to an activating group) is 1. The van der Waals surface area contributed by atoms with Crippen molar-refractivity contribution in [2.45, 2.75) is 39.3 Å². The monoisotopic (exact) mass is 214 g/mol. The van der Waals surface area contributed by atoms with E-state index in [2.05, 4.69) is 17.1 Å². The summed E-state index contributed by atoms with van der Waals surface area (Å²) in [6.07, 6.45) is 0.548. The Balaban J connectivity index is 2.28. The smallest absolute Gasteiger partial charge is 0.222 e. The summed E-state index contributed by atoms with van der Waals surface area (Å²) in [5.74, 6) is 0.0907. The van der Waals surface area contributed by atoms with Gasteiger partial charge in [-0.3, -0.25) is 9.69 Å². The van der Waals surface area contributed by atoms with E-state index in [1.54, 1.807) is 0 Å². The van der Waals surface area contributed by atoms with Gasteiger partial charge in [0.2, 0.25) is 5.91 Å². The third-order valence-corrected chi connectivity index (χ3v) is 2.53. The van der Waals surface area contributed by atoms with Crippen LogP contribution in [0.5, 0.6) is 0 Å². The normalized spacial score (nSPS) is 23.1. The maximum atomic E-state index is 11.5. The van der Waals surface area contributed by atoms with Crippen LogP contribution in [0.4, 0.5) is 0 Å². The Kier molecular flexibility index (Phi) is 5.05. The quantitative estimate of drug-likeness (QED) is 0.746. The summed E-state index contributed by atoms with van der Waals surface area (Å²) in [5, 5.41) is 2.89. The molecule has 1 saturated heterocycles. The van der Waals surface area contributed by atoms with Gasteiger partial charge in [-0.2, -0.15) is 0 Å². The van der Waals surface area contributed by atoms with Crippen LogP contribution in [0.1, 0.15) is 27.2 Å². The minimum atomic E-state index is 0.0671. The molecule has 1 aliphatic heterocycles. The molecule has 1 N–H and O–H groups in total. The van der Waals surface area contributed by atoms with Crippen LogP contribution in [0.15, 0.2) is 0 Å². The molecular formula is C11H22N2O2. The van der Waals surface area contributed by atoms with Crippen molar-refractivity contribution < 1.29 is 9.53 Å². The Bertz CT molecular complexity index is 207. The zero-order chi connectivity index (χ0) is 11.3. The number of hydrogen-bond acceptors (Lipinski definition) is 3. The highest BCUT2D eigenvalue weighted by molar-refractivity contribution is 5.76. The van der Waals surface area contributed by atoms with Crippen molar-refractivity contribution in [1.29, 1.82) is 0 Å². The molecule has 0 spiro atoms. The lowest BCUT2D eigenvalue weighted by atomic mass is 10.2. The standard InChI is InChI=1S/C11H22N2O2/c1-4-13-5-6-15-10(8-13)7-11(14)12-9(2)3/h9-10H,4-8H2,1-3H3,(H,12,14). The van der Waals surface area contributed by atoms with Gasteiger partial charge in [-0.05, 0) is 20.4 Å². The molecule has 0 radical (unpaired) electrons. The number of carbonyl (C=O) groups excluding carboxylic acids is 1. The van der Waals surface area contributed by atoms with E-state index < -0.39 is 0 Å². The van der Waals surface area contributed by atoms with E-state index in [0.717, 1.165) is 26.2 Å². The highest BCUT2D eigenvalue weighted by Crippen LogP contribution is 2.08. The number of morpholine rings is 1. The predicted octanol–water partition coefficient (Wildman–Crippen LogP) is 0.622. The van der Waals surface area contributed by atoms with E-state index in [4.69, 9.17) is 4.74 Å². The molecule has 0 aromatic carbocycles. The van der Waals surface area contributed by atoms with E-state index >= 15 is 0 Å². The minimum Gasteiger partial charge on any atom is -0.375 e. The number of nitrogens with one attached hydrogen (secondary N) is 1. The molecule has 4 nitrogen and oxygen atoms in total. The van der Waals surface area contributed by atoms with Crippen molar-refractivity contribution in [1.82, 2.24) is 10.2 Å². The highest BCUT2D eigenvalue weighted by Gasteiger charge is 2.21. The molecule has 1 atom stereocenters. The SMILES string of the molecule is CCN1CCOC(CC(=O)NC(C)C)C1. The summed E-state index contributed by atoms with van der Waals surface area (Å²) in [6, 6.07) is 0.211. The van der Waals surface area contributed by atoms with Gasteiger partial charge >= 0.3 is 0 Å². The molecule has 0 bridgehead atoms. The molecule has 1 rings (SSSR count). The molecule has 1 aliphatic rings. The number of amides is 1. The first kappa shape index (κ1) is 12.5. The minimum absolute atomic E-state index is 0.0671.